The Kier molecular flexibility index (Phi) is 2.64. The fourth-order valence-corrected chi connectivity index (χ4v) is 1.79. The number of aromatic nitrogens is 2. The van der Waals surface area contributed by atoms with Crippen molar-refractivity contribution in [3.05, 3.63) is 11.8 Å². The Morgan fingerprint density at radius 3 is 3.00 bits per heavy atom. The average Bonchev–Trinajstić information content (AvgIpc) is 2.83. The van der Waals surface area contributed by atoms with Crippen LogP contribution in [-0.4, -0.2) is 28.6 Å². The summed E-state index contributed by atoms with van der Waals surface area (Å²) in [6.45, 7) is 2.33. The SMILES string of the molecule is CCc1cc(N2CC(C(N)=O)CC2=O)n[nH]1. The molecule has 1 aliphatic rings. The average molecular weight is 222 g/mol. The monoisotopic (exact) mass is 222 g/mol. The van der Waals surface area contributed by atoms with Crippen LogP contribution in [0.2, 0.25) is 0 Å². The van der Waals surface area contributed by atoms with E-state index in [1.54, 1.807) is 0 Å². The molecule has 0 spiro atoms. The molecule has 0 radical (unpaired) electrons. The molecule has 1 saturated heterocycles. The molecule has 1 unspecified atom stereocenters. The fraction of sp³-hybridized carbons (Fsp3) is 0.500. The maximum Gasteiger partial charge on any atom is 0.229 e. The van der Waals surface area contributed by atoms with Crippen LogP contribution in [0.5, 0.6) is 0 Å². The first kappa shape index (κ1) is 10.7. The Balaban J connectivity index is 2.16. The second-order valence-corrected chi connectivity index (χ2v) is 3.91. The summed E-state index contributed by atoms with van der Waals surface area (Å²) >= 11 is 0. The minimum absolute atomic E-state index is 0.0991. The molecule has 0 aliphatic carbocycles. The van der Waals surface area contributed by atoms with E-state index in [0.717, 1.165) is 12.1 Å². The first-order valence-corrected chi connectivity index (χ1v) is 5.25. The van der Waals surface area contributed by atoms with Gasteiger partial charge in [-0.1, -0.05) is 6.92 Å². The van der Waals surface area contributed by atoms with Crippen molar-refractivity contribution < 1.29 is 9.59 Å². The molecule has 3 N–H and O–H groups in total. The van der Waals surface area contributed by atoms with Gasteiger partial charge in [0.05, 0.1) is 5.92 Å². The van der Waals surface area contributed by atoms with E-state index in [4.69, 9.17) is 5.73 Å². The van der Waals surface area contributed by atoms with Crippen LogP contribution in [0.4, 0.5) is 5.82 Å². The normalized spacial score (nSPS) is 20.4. The number of rotatable bonds is 3. The predicted molar refractivity (Wildman–Crippen MR) is 57.6 cm³/mol. The van der Waals surface area contributed by atoms with E-state index >= 15 is 0 Å². The number of H-pyrrole nitrogens is 1. The number of nitrogens with zero attached hydrogens (tertiary/aromatic N) is 2. The lowest BCUT2D eigenvalue weighted by Gasteiger charge is -2.11. The number of carbonyl (C=O) groups excluding carboxylic acids is 2. The maximum absolute atomic E-state index is 11.7. The van der Waals surface area contributed by atoms with Gasteiger partial charge < -0.3 is 5.73 Å². The summed E-state index contributed by atoms with van der Waals surface area (Å²) in [7, 11) is 0. The van der Waals surface area contributed by atoms with Gasteiger partial charge in [0.2, 0.25) is 11.8 Å². The van der Waals surface area contributed by atoms with E-state index < -0.39 is 11.8 Å². The van der Waals surface area contributed by atoms with Gasteiger partial charge in [0, 0.05) is 24.7 Å². The molecule has 0 bridgehead atoms. The van der Waals surface area contributed by atoms with Gasteiger partial charge >= 0.3 is 0 Å². The van der Waals surface area contributed by atoms with Crippen LogP contribution in [0.15, 0.2) is 6.07 Å². The number of carbonyl (C=O) groups is 2. The standard InChI is InChI=1S/C10H14N4O2/c1-2-7-4-8(13-12-7)14-5-6(10(11)16)3-9(14)15/h4,6H,2-3,5H2,1H3,(H2,11,16)(H,12,13). The molecule has 86 valence electrons. The van der Waals surface area contributed by atoms with Crippen LogP contribution in [0.25, 0.3) is 0 Å². The lowest BCUT2D eigenvalue weighted by Crippen LogP contribution is -2.28. The Labute approximate surface area is 92.8 Å². The van der Waals surface area contributed by atoms with Crippen LogP contribution in [0.1, 0.15) is 19.0 Å². The first-order valence-electron chi connectivity index (χ1n) is 5.25. The third-order valence-corrected chi connectivity index (χ3v) is 2.80. The van der Waals surface area contributed by atoms with Crippen LogP contribution in [0, 0.1) is 5.92 Å². The number of aryl methyl sites for hydroxylation is 1. The number of hydrogen-bond acceptors (Lipinski definition) is 3. The zero-order chi connectivity index (χ0) is 11.7. The molecule has 16 heavy (non-hydrogen) atoms. The van der Waals surface area contributed by atoms with E-state index in [1.165, 1.54) is 4.90 Å². The van der Waals surface area contributed by atoms with Crippen molar-refractivity contribution in [1.82, 2.24) is 10.2 Å². The van der Waals surface area contributed by atoms with Crippen molar-refractivity contribution in [3.63, 3.8) is 0 Å². The van der Waals surface area contributed by atoms with Gasteiger partial charge in [-0.15, -0.1) is 0 Å². The van der Waals surface area contributed by atoms with Gasteiger partial charge in [-0.2, -0.15) is 5.10 Å². The second kappa shape index (κ2) is 3.96. The van der Waals surface area contributed by atoms with Crippen molar-refractivity contribution in [2.75, 3.05) is 11.4 Å². The van der Waals surface area contributed by atoms with Gasteiger partial charge in [0.1, 0.15) is 0 Å². The highest BCUT2D eigenvalue weighted by Crippen LogP contribution is 2.23. The summed E-state index contributed by atoms with van der Waals surface area (Å²) in [6.07, 6.45) is 1.01. The van der Waals surface area contributed by atoms with E-state index in [-0.39, 0.29) is 12.3 Å². The lowest BCUT2D eigenvalue weighted by molar-refractivity contribution is -0.123. The smallest absolute Gasteiger partial charge is 0.229 e. The number of hydrogen-bond donors (Lipinski definition) is 2. The molecule has 2 amide bonds. The number of nitrogens with one attached hydrogen (secondary N) is 1. The van der Waals surface area contributed by atoms with Gasteiger partial charge in [-0.25, -0.2) is 0 Å². The van der Waals surface area contributed by atoms with Crippen molar-refractivity contribution >= 4 is 17.6 Å². The predicted octanol–water partition coefficient (Wildman–Crippen LogP) is -0.190. The Bertz CT molecular complexity index is 426. The summed E-state index contributed by atoms with van der Waals surface area (Å²) < 4.78 is 0. The molecule has 0 aromatic carbocycles. The van der Waals surface area contributed by atoms with E-state index in [0.29, 0.717) is 12.4 Å². The first-order chi connectivity index (χ1) is 7.61. The van der Waals surface area contributed by atoms with Crippen LogP contribution in [0.3, 0.4) is 0 Å². The van der Waals surface area contributed by atoms with E-state index in [9.17, 15) is 9.59 Å². The van der Waals surface area contributed by atoms with Crippen LogP contribution < -0.4 is 10.6 Å². The molecule has 2 heterocycles. The van der Waals surface area contributed by atoms with Gasteiger partial charge in [0.25, 0.3) is 0 Å². The van der Waals surface area contributed by atoms with Crippen LogP contribution >= 0.6 is 0 Å². The molecule has 6 nitrogen and oxygen atoms in total. The molecule has 1 fully saturated rings. The Hall–Kier alpha value is -1.85. The number of nitrogens with two attached hydrogens (primary N) is 1. The van der Waals surface area contributed by atoms with Crippen LogP contribution in [-0.2, 0) is 16.0 Å². The Morgan fingerprint density at radius 2 is 2.50 bits per heavy atom. The van der Waals surface area contributed by atoms with E-state index in [2.05, 4.69) is 10.2 Å². The summed E-state index contributed by atoms with van der Waals surface area (Å²) in [5.74, 6) is -0.347. The molecule has 1 aromatic rings. The fourth-order valence-electron chi connectivity index (χ4n) is 1.79. The van der Waals surface area contributed by atoms with Gasteiger partial charge in [0.15, 0.2) is 5.82 Å². The largest absolute Gasteiger partial charge is 0.369 e. The molecule has 0 saturated carbocycles. The summed E-state index contributed by atoms with van der Waals surface area (Å²) in [4.78, 5) is 24.2. The van der Waals surface area contributed by atoms with Crippen molar-refractivity contribution in [2.24, 2.45) is 11.7 Å². The summed E-state index contributed by atoms with van der Waals surface area (Å²) in [6, 6.07) is 1.82. The molecule has 1 aliphatic heterocycles. The lowest BCUT2D eigenvalue weighted by atomic mass is 10.1. The minimum Gasteiger partial charge on any atom is -0.369 e. The summed E-state index contributed by atoms with van der Waals surface area (Å²) in [5, 5.41) is 6.88. The van der Waals surface area contributed by atoms with Gasteiger partial charge in [-0.05, 0) is 6.42 Å². The highest BCUT2D eigenvalue weighted by atomic mass is 16.2. The molecule has 1 atom stereocenters. The minimum atomic E-state index is -0.429. The molecule has 1 aromatic heterocycles. The molecular formula is C10H14N4O2. The Morgan fingerprint density at radius 1 is 1.75 bits per heavy atom. The highest BCUT2D eigenvalue weighted by Gasteiger charge is 2.34. The van der Waals surface area contributed by atoms with Crippen molar-refractivity contribution in [2.45, 2.75) is 19.8 Å². The highest BCUT2D eigenvalue weighted by molar-refractivity contribution is 5.99. The zero-order valence-electron chi connectivity index (χ0n) is 9.06. The summed E-state index contributed by atoms with van der Waals surface area (Å²) in [5.41, 5.74) is 6.15. The second-order valence-electron chi connectivity index (χ2n) is 3.91. The zero-order valence-corrected chi connectivity index (χ0v) is 9.06. The van der Waals surface area contributed by atoms with Crippen molar-refractivity contribution in [1.29, 1.82) is 0 Å². The number of amides is 2. The van der Waals surface area contributed by atoms with Crippen molar-refractivity contribution in [3.8, 4) is 0 Å². The maximum atomic E-state index is 11.7. The quantitative estimate of drug-likeness (QED) is 0.742. The topological polar surface area (TPSA) is 92.1 Å². The van der Waals surface area contributed by atoms with E-state index in [1.807, 2.05) is 13.0 Å². The molecule has 6 heteroatoms. The van der Waals surface area contributed by atoms with Gasteiger partial charge in [-0.3, -0.25) is 19.6 Å². The number of anilines is 1. The number of primary amides is 1. The molecule has 2 rings (SSSR count). The molecular weight excluding hydrogens is 208 g/mol. The third-order valence-electron chi connectivity index (χ3n) is 2.80. The third kappa shape index (κ3) is 1.78. The number of aromatic amines is 1.